The Labute approximate surface area is 219 Å². The normalized spacial score (nSPS) is 14.7. The average Bonchev–Trinajstić information content (AvgIpc) is 3.52. The zero-order valence-corrected chi connectivity index (χ0v) is 21.8. The molecule has 0 radical (unpaired) electrons. The van der Waals surface area contributed by atoms with Crippen molar-refractivity contribution in [3.63, 3.8) is 0 Å². The first-order chi connectivity index (χ1) is 17.3. The Morgan fingerprint density at radius 3 is 1.54 bits per heavy atom. The molecule has 4 heterocycles. The van der Waals surface area contributed by atoms with Gasteiger partial charge in [0.15, 0.2) is 0 Å². The minimum Gasteiger partial charge on any atom is -0.181 e. The predicted molar refractivity (Wildman–Crippen MR) is 144 cm³/mol. The molecule has 176 valence electrons. The average molecular weight is 537 g/mol. The van der Waals surface area contributed by atoms with E-state index in [1.165, 1.54) is 0 Å². The number of hydrogen-bond acceptors (Lipinski definition) is 10. The molecular formula is C23H20N8S4. The van der Waals surface area contributed by atoms with Gasteiger partial charge in [-0.25, -0.2) is 0 Å². The molecule has 6 rings (SSSR count). The van der Waals surface area contributed by atoms with E-state index in [-0.39, 0.29) is 0 Å². The maximum absolute atomic E-state index is 4.82. The smallest absolute Gasteiger partial charge is 0.181 e. The van der Waals surface area contributed by atoms with E-state index < -0.39 is 0 Å². The third-order valence-corrected chi connectivity index (χ3v) is 9.12. The van der Waals surface area contributed by atoms with E-state index in [4.69, 9.17) is 10.2 Å². The number of benzene rings is 2. The topological polar surface area (TPSA) is 86.1 Å². The second-order valence-electron chi connectivity index (χ2n) is 7.61. The zero-order chi connectivity index (χ0) is 23.5. The molecule has 2 aliphatic heterocycles. The summed E-state index contributed by atoms with van der Waals surface area (Å²) in [5.74, 6) is 3.44. The van der Waals surface area contributed by atoms with Crippen molar-refractivity contribution in [2.45, 2.75) is 27.0 Å². The monoisotopic (exact) mass is 536 g/mol. The van der Waals surface area contributed by atoms with Crippen molar-refractivity contribution in [2.24, 2.45) is 10.2 Å². The van der Waals surface area contributed by atoms with Crippen LogP contribution in [0.25, 0.3) is 0 Å². The number of rotatable bonds is 8. The minimum absolute atomic E-state index is 0.804. The van der Waals surface area contributed by atoms with Gasteiger partial charge in [0.25, 0.3) is 0 Å². The third kappa shape index (κ3) is 5.06. The Morgan fingerprint density at radius 2 is 1.09 bits per heavy atom. The summed E-state index contributed by atoms with van der Waals surface area (Å²) in [6.07, 6.45) is 0.991. The maximum atomic E-state index is 4.82. The molecule has 0 atom stereocenters. The summed E-state index contributed by atoms with van der Waals surface area (Å²) >= 11 is 6.72. The molecule has 0 saturated carbocycles. The highest BCUT2D eigenvalue weighted by atomic mass is 32.2. The SMILES string of the molecule is c1ccc(C2=Nn3c(SCCCSc4nnc5n4N=C(c4ccccc4)CS5)nnc3SC2)cc1. The summed E-state index contributed by atoms with van der Waals surface area (Å²) in [4.78, 5) is 0. The highest BCUT2D eigenvalue weighted by Gasteiger charge is 2.21. The van der Waals surface area contributed by atoms with Crippen molar-refractivity contribution in [3.8, 4) is 0 Å². The molecule has 0 unspecified atom stereocenters. The Morgan fingerprint density at radius 1 is 0.629 bits per heavy atom. The Balaban J connectivity index is 1.06. The van der Waals surface area contributed by atoms with Gasteiger partial charge in [-0.05, 0) is 17.5 Å². The van der Waals surface area contributed by atoms with E-state index in [2.05, 4.69) is 44.7 Å². The van der Waals surface area contributed by atoms with Crippen molar-refractivity contribution >= 4 is 58.5 Å². The third-order valence-electron chi connectivity index (χ3n) is 5.25. The zero-order valence-electron chi connectivity index (χ0n) is 18.5. The summed E-state index contributed by atoms with van der Waals surface area (Å²) in [5, 5.41) is 30.3. The highest BCUT2D eigenvalue weighted by molar-refractivity contribution is 8.01. The first kappa shape index (κ1) is 22.9. The van der Waals surface area contributed by atoms with Crippen LogP contribution in [0.4, 0.5) is 0 Å². The molecule has 4 aromatic rings. The van der Waals surface area contributed by atoms with Gasteiger partial charge in [0.05, 0.1) is 11.4 Å². The van der Waals surface area contributed by atoms with Crippen LogP contribution >= 0.6 is 47.0 Å². The van der Waals surface area contributed by atoms with Crippen LogP contribution in [-0.4, -0.2) is 64.2 Å². The van der Waals surface area contributed by atoms with Gasteiger partial charge in [-0.15, -0.1) is 20.4 Å². The first-order valence-corrected chi connectivity index (χ1v) is 15.0. The molecule has 0 N–H and O–H groups in total. The molecule has 35 heavy (non-hydrogen) atoms. The number of hydrogen-bond donors (Lipinski definition) is 0. The van der Waals surface area contributed by atoms with Gasteiger partial charge in [-0.3, -0.25) is 0 Å². The van der Waals surface area contributed by atoms with Gasteiger partial charge in [0.2, 0.25) is 20.6 Å². The quantitative estimate of drug-likeness (QED) is 0.233. The van der Waals surface area contributed by atoms with E-state index in [1.807, 2.05) is 45.8 Å². The molecule has 8 nitrogen and oxygen atoms in total. The molecule has 0 aliphatic carbocycles. The Bertz CT molecular complexity index is 1280. The van der Waals surface area contributed by atoms with Crippen LogP contribution < -0.4 is 0 Å². The summed E-state index contributed by atoms with van der Waals surface area (Å²) in [7, 11) is 0. The van der Waals surface area contributed by atoms with Crippen molar-refractivity contribution in [2.75, 3.05) is 23.0 Å². The second kappa shape index (κ2) is 10.6. The van der Waals surface area contributed by atoms with Gasteiger partial charge in [0, 0.05) is 23.0 Å². The number of thioether (sulfide) groups is 4. The molecular weight excluding hydrogens is 517 g/mol. The standard InChI is InChI=1S/C23H20N8S4/c1-3-8-16(9-4-1)18-14-34-22-26-24-20(30(22)28-18)32-12-7-13-33-21-25-27-23-31(21)29-19(15-35-23)17-10-5-2-6-11-17/h1-6,8-11H,7,12-15H2. The number of fused-ring (bicyclic) bond motifs is 2. The van der Waals surface area contributed by atoms with Crippen LogP contribution in [0, 0.1) is 0 Å². The van der Waals surface area contributed by atoms with Crippen molar-refractivity contribution in [1.29, 1.82) is 0 Å². The summed E-state index contributed by atoms with van der Waals surface area (Å²) in [5.41, 5.74) is 4.37. The molecule has 0 spiro atoms. The van der Waals surface area contributed by atoms with Gasteiger partial charge >= 0.3 is 0 Å². The van der Waals surface area contributed by atoms with E-state index >= 15 is 0 Å². The van der Waals surface area contributed by atoms with Gasteiger partial charge in [0.1, 0.15) is 0 Å². The van der Waals surface area contributed by atoms with Crippen molar-refractivity contribution in [3.05, 3.63) is 71.8 Å². The minimum atomic E-state index is 0.804. The van der Waals surface area contributed by atoms with Crippen LogP contribution in [0.15, 0.2) is 91.5 Å². The lowest BCUT2D eigenvalue weighted by Crippen LogP contribution is -2.13. The summed E-state index contributed by atoms with van der Waals surface area (Å²) < 4.78 is 3.75. The molecule has 0 amide bonds. The molecule has 2 aromatic heterocycles. The fourth-order valence-electron chi connectivity index (χ4n) is 3.53. The molecule has 0 fully saturated rings. The molecule has 0 bridgehead atoms. The second-order valence-corrected chi connectivity index (χ2v) is 11.6. The summed E-state index contributed by atoms with van der Waals surface area (Å²) in [6, 6.07) is 20.6. The van der Waals surface area contributed by atoms with Crippen LogP contribution in [0.1, 0.15) is 17.5 Å². The molecule has 2 aromatic carbocycles. The fraction of sp³-hybridized carbons (Fsp3) is 0.217. The van der Waals surface area contributed by atoms with E-state index in [9.17, 15) is 0 Å². The Kier molecular flexibility index (Phi) is 6.94. The number of nitrogens with zero attached hydrogens (tertiary/aromatic N) is 8. The number of aromatic nitrogens is 6. The van der Waals surface area contributed by atoms with E-state index in [1.54, 1.807) is 47.0 Å². The fourth-order valence-corrected chi connectivity index (χ4v) is 7.14. The highest BCUT2D eigenvalue weighted by Crippen LogP contribution is 2.30. The van der Waals surface area contributed by atoms with Crippen molar-refractivity contribution in [1.82, 2.24) is 29.7 Å². The van der Waals surface area contributed by atoms with Crippen molar-refractivity contribution < 1.29 is 0 Å². The molecule has 0 saturated heterocycles. The predicted octanol–water partition coefficient (Wildman–Crippen LogP) is 4.86. The van der Waals surface area contributed by atoms with Crippen LogP contribution in [-0.2, 0) is 0 Å². The first-order valence-electron chi connectivity index (χ1n) is 11.0. The van der Waals surface area contributed by atoms with Crippen LogP contribution in [0.5, 0.6) is 0 Å². The largest absolute Gasteiger partial charge is 0.213 e. The summed E-state index contributed by atoms with van der Waals surface area (Å²) in [6.45, 7) is 0. The molecule has 2 aliphatic rings. The van der Waals surface area contributed by atoms with E-state index in [0.717, 1.165) is 72.6 Å². The molecule has 12 heteroatoms. The van der Waals surface area contributed by atoms with Crippen LogP contribution in [0.3, 0.4) is 0 Å². The lowest BCUT2D eigenvalue weighted by Gasteiger charge is -2.14. The van der Waals surface area contributed by atoms with Gasteiger partial charge in [-0.2, -0.15) is 19.6 Å². The van der Waals surface area contributed by atoms with Gasteiger partial charge in [-0.1, -0.05) is 108 Å². The van der Waals surface area contributed by atoms with Crippen LogP contribution in [0.2, 0.25) is 0 Å². The lowest BCUT2D eigenvalue weighted by molar-refractivity contribution is 0.692. The van der Waals surface area contributed by atoms with E-state index in [0.29, 0.717) is 0 Å². The lowest BCUT2D eigenvalue weighted by atomic mass is 10.1. The maximum Gasteiger partial charge on any atom is 0.213 e. The van der Waals surface area contributed by atoms with Gasteiger partial charge < -0.3 is 0 Å². The Hall–Kier alpha value is -2.54.